The summed E-state index contributed by atoms with van der Waals surface area (Å²) in [6.07, 6.45) is 5.17. The second-order valence-corrected chi connectivity index (χ2v) is 5.41. The van der Waals surface area contributed by atoms with Gasteiger partial charge in [-0.15, -0.1) is 0 Å². The lowest BCUT2D eigenvalue weighted by Gasteiger charge is -2.37. The molecule has 2 unspecified atom stereocenters. The lowest BCUT2D eigenvalue weighted by Crippen LogP contribution is -2.39. The van der Waals surface area contributed by atoms with Gasteiger partial charge >= 0.3 is 0 Å². The van der Waals surface area contributed by atoms with E-state index in [1.165, 1.54) is 25.7 Å². The van der Waals surface area contributed by atoms with Gasteiger partial charge in [0.05, 0.1) is 0 Å². The fraction of sp³-hybridized carbons (Fsp3) is 0.615. The van der Waals surface area contributed by atoms with E-state index in [0.29, 0.717) is 22.8 Å². The van der Waals surface area contributed by atoms with Gasteiger partial charge in [0.25, 0.3) is 0 Å². The van der Waals surface area contributed by atoms with Crippen LogP contribution in [0.3, 0.4) is 0 Å². The Morgan fingerprint density at radius 2 is 2.06 bits per heavy atom. The van der Waals surface area contributed by atoms with E-state index < -0.39 is 0 Å². The summed E-state index contributed by atoms with van der Waals surface area (Å²) in [5, 5.41) is 0.468. The van der Waals surface area contributed by atoms with Gasteiger partial charge in [0.1, 0.15) is 11.0 Å². The van der Waals surface area contributed by atoms with Crippen molar-refractivity contribution in [3.8, 4) is 0 Å². The van der Waals surface area contributed by atoms with Gasteiger partial charge in [-0.1, -0.05) is 31.4 Å². The van der Waals surface area contributed by atoms with Gasteiger partial charge in [-0.3, -0.25) is 0 Å². The summed E-state index contributed by atoms with van der Waals surface area (Å²) in [5.74, 6) is 1.59. The lowest BCUT2D eigenvalue weighted by atomic mass is 9.85. The second-order valence-electron chi connectivity index (χ2n) is 5.02. The molecule has 0 aliphatic heterocycles. The molecule has 1 aromatic heterocycles. The number of nitrogens with zero attached hydrogens (tertiary/aromatic N) is 2. The molecule has 2 atom stereocenters. The Hall–Kier alpha value is -0.960. The van der Waals surface area contributed by atoms with Crippen LogP contribution in [0.15, 0.2) is 12.1 Å². The number of halogens is 1. The third-order valence-corrected chi connectivity index (χ3v) is 3.92. The summed E-state index contributed by atoms with van der Waals surface area (Å²) in [6.45, 7) is 2.31. The maximum absolute atomic E-state index is 5.95. The topological polar surface area (TPSA) is 42.1 Å². The zero-order valence-corrected chi connectivity index (χ0v) is 11.2. The van der Waals surface area contributed by atoms with Crippen molar-refractivity contribution >= 4 is 23.1 Å². The molecular formula is C13H20ClN3. The summed E-state index contributed by atoms with van der Waals surface area (Å²) in [7, 11) is 2.09. The van der Waals surface area contributed by atoms with Crippen molar-refractivity contribution < 1.29 is 0 Å². The largest absolute Gasteiger partial charge is 0.399 e. The highest BCUT2D eigenvalue weighted by molar-refractivity contribution is 6.29. The molecule has 1 aliphatic rings. The number of nitrogen functional groups attached to an aromatic ring is 1. The van der Waals surface area contributed by atoms with Crippen LogP contribution in [0.5, 0.6) is 0 Å². The second kappa shape index (κ2) is 5.13. The van der Waals surface area contributed by atoms with E-state index >= 15 is 0 Å². The lowest BCUT2D eigenvalue weighted by molar-refractivity contribution is 0.320. The Kier molecular flexibility index (Phi) is 3.77. The van der Waals surface area contributed by atoms with Crippen LogP contribution in [0.25, 0.3) is 0 Å². The smallest absolute Gasteiger partial charge is 0.133 e. The molecule has 0 aromatic carbocycles. The first-order chi connectivity index (χ1) is 8.08. The van der Waals surface area contributed by atoms with Crippen LogP contribution in [0.4, 0.5) is 11.5 Å². The van der Waals surface area contributed by atoms with Crippen LogP contribution in [0, 0.1) is 5.92 Å². The minimum atomic E-state index is 0.468. The van der Waals surface area contributed by atoms with Crippen molar-refractivity contribution in [2.24, 2.45) is 5.92 Å². The molecule has 94 valence electrons. The quantitative estimate of drug-likeness (QED) is 0.822. The highest BCUT2D eigenvalue weighted by Crippen LogP contribution is 2.30. The Labute approximate surface area is 108 Å². The summed E-state index contributed by atoms with van der Waals surface area (Å²) in [5.41, 5.74) is 6.49. The van der Waals surface area contributed by atoms with Gasteiger partial charge in [-0.25, -0.2) is 4.98 Å². The number of rotatable bonds is 2. The van der Waals surface area contributed by atoms with Crippen LogP contribution in [-0.4, -0.2) is 18.1 Å². The Balaban J connectivity index is 2.20. The predicted octanol–water partition coefficient (Wildman–Crippen LogP) is 3.33. The highest BCUT2D eigenvalue weighted by Gasteiger charge is 2.25. The van der Waals surface area contributed by atoms with Crippen molar-refractivity contribution in [2.45, 2.75) is 38.6 Å². The zero-order chi connectivity index (χ0) is 12.4. The van der Waals surface area contributed by atoms with Gasteiger partial charge in [-0.2, -0.15) is 0 Å². The van der Waals surface area contributed by atoms with Crippen LogP contribution in [0.1, 0.15) is 32.6 Å². The fourth-order valence-electron chi connectivity index (χ4n) is 2.72. The molecule has 0 bridgehead atoms. The molecule has 2 rings (SSSR count). The first-order valence-corrected chi connectivity index (χ1v) is 6.61. The number of pyridine rings is 1. The van der Waals surface area contributed by atoms with E-state index in [1.54, 1.807) is 6.07 Å². The molecule has 0 spiro atoms. The van der Waals surface area contributed by atoms with Crippen molar-refractivity contribution in [3.63, 3.8) is 0 Å². The molecule has 17 heavy (non-hydrogen) atoms. The summed E-state index contributed by atoms with van der Waals surface area (Å²) in [4.78, 5) is 6.58. The van der Waals surface area contributed by atoms with E-state index in [-0.39, 0.29) is 0 Å². The molecule has 1 saturated carbocycles. The van der Waals surface area contributed by atoms with Crippen molar-refractivity contribution in [1.82, 2.24) is 4.98 Å². The Morgan fingerprint density at radius 1 is 1.35 bits per heavy atom. The zero-order valence-electron chi connectivity index (χ0n) is 10.5. The molecule has 4 heteroatoms. The molecule has 1 fully saturated rings. The van der Waals surface area contributed by atoms with Gasteiger partial charge in [0, 0.05) is 24.8 Å². The third-order valence-electron chi connectivity index (χ3n) is 3.73. The molecule has 1 heterocycles. The van der Waals surface area contributed by atoms with Gasteiger partial charge < -0.3 is 10.6 Å². The normalized spacial score (nSPS) is 24.6. The van der Waals surface area contributed by atoms with Crippen molar-refractivity contribution in [1.29, 1.82) is 0 Å². The maximum atomic E-state index is 5.95. The van der Waals surface area contributed by atoms with Crippen LogP contribution >= 0.6 is 11.6 Å². The van der Waals surface area contributed by atoms with E-state index in [2.05, 4.69) is 23.9 Å². The average Bonchev–Trinajstić information content (AvgIpc) is 2.27. The number of anilines is 2. The Bertz CT molecular complexity index is 374. The van der Waals surface area contributed by atoms with Crippen LogP contribution < -0.4 is 10.6 Å². The number of hydrogen-bond donors (Lipinski definition) is 1. The minimum absolute atomic E-state index is 0.468. The first-order valence-electron chi connectivity index (χ1n) is 6.24. The van der Waals surface area contributed by atoms with Gasteiger partial charge in [0.2, 0.25) is 0 Å². The monoisotopic (exact) mass is 253 g/mol. The molecule has 1 aromatic rings. The molecule has 1 aliphatic carbocycles. The molecule has 2 N–H and O–H groups in total. The third kappa shape index (κ3) is 2.83. The summed E-state index contributed by atoms with van der Waals surface area (Å²) in [6, 6.07) is 4.13. The maximum Gasteiger partial charge on any atom is 0.133 e. The molecule has 3 nitrogen and oxygen atoms in total. The molecular weight excluding hydrogens is 234 g/mol. The average molecular weight is 254 g/mol. The molecule has 0 radical (unpaired) electrons. The van der Waals surface area contributed by atoms with Gasteiger partial charge in [0.15, 0.2) is 0 Å². The molecule has 0 amide bonds. The molecule has 0 saturated heterocycles. The number of hydrogen-bond acceptors (Lipinski definition) is 3. The van der Waals surface area contributed by atoms with Crippen molar-refractivity contribution in [3.05, 3.63) is 17.3 Å². The van der Waals surface area contributed by atoms with E-state index in [1.807, 2.05) is 6.07 Å². The van der Waals surface area contributed by atoms with Crippen molar-refractivity contribution in [2.75, 3.05) is 17.7 Å². The summed E-state index contributed by atoms with van der Waals surface area (Å²) >= 11 is 5.95. The van der Waals surface area contributed by atoms with Gasteiger partial charge in [-0.05, 0) is 24.8 Å². The summed E-state index contributed by atoms with van der Waals surface area (Å²) < 4.78 is 0. The SMILES string of the molecule is CC1CCCCC1N(C)c1cc(N)cc(Cl)n1. The predicted molar refractivity (Wildman–Crippen MR) is 73.5 cm³/mol. The fourth-order valence-corrected chi connectivity index (χ4v) is 2.94. The van der Waals surface area contributed by atoms with E-state index in [4.69, 9.17) is 17.3 Å². The minimum Gasteiger partial charge on any atom is -0.399 e. The Morgan fingerprint density at radius 3 is 2.71 bits per heavy atom. The van der Waals surface area contributed by atoms with Crippen LogP contribution in [-0.2, 0) is 0 Å². The van der Waals surface area contributed by atoms with Crippen LogP contribution in [0.2, 0.25) is 5.15 Å². The van der Waals surface area contributed by atoms with E-state index in [9.17, 15) is 0 Å². The highest BCUT2D eigenvalue weighted by atomic mass is 35.5. The number of nitrogens with two attached hydrogens (primary N) is 1. The standard InChI is InChI=1S/C13H20ClN3/c1-9-5-3-4-6-11(9)17(2)13-8-10(15)7-12(14)16-13/h7-9,11H,3-6H2,1-2H3,(H2,15,16). The first kappa shape index (κ1) is 12.5. The number of aromatic nitrogens is 1. The van der Waals surface area contributed by atoms with E-state index in [0.717, 1.165) is 5.82 Å².